The van der Waals surface area contributed by atoms with Crippen LogP contribution in [0.2, 0.25) is 0 Å². The maximum Gasteiger partial charge on any atom is 0.134 e. The van der Waals surface area contributed by atoms with Crippen molar-refractivity contribution in [3.8, 4) is 5.75 Å². The van der Waals surface area contributed by atoms with E-state index in [4.69, 9.17) is 9.47 Å². The number of hydrogen-bond donors (Lipinski definition) is 0. The third-order valence-corrected chi connectivity index (χ3v) is 8.05. The second kappa shape index (κ2) is 7.00. The van der Waals surface area contributed by atoms with Gasteiger partial charge in [-0.15, -0.1) is 12.4 Å². The molecule has 154 valence electrons. The number of ketones is 1. The number of Topliss-reactive ketones (excluding diaryl/α,β-unsaturated/α-hetero) is 1. The molecule has 4 nitrogen and oxygen atoms in total. The number of carbonyl (C=O) groups is 1. The quantitative estimate of drug-likeness (QED) is 0.764. The van der Waals surface area contributed by atoms with Crippen LogP contribution < -0.4 is 4.74 Å². The van der Waals surface area contributed by atoms with Crippen LogP contribution in [0.25, 0.3) is 0 Å². The number of fused-ring (bicyclic) bond motifs is 1. The van der Waals surface area contributed by atoms with Gasteiger partial charge in [0.2, 0.25) is 0 Å². The van der Waals surface area contributed by atoms with E-state index in [0.717, 1.165) is 31.1 Å². The number of benzene rings is 1. The van der Waals surface area contributed by atoms with Crippen LogP contribution in [-0.2, 0) is 21.4 Å². The second-order valence-electron chi connectivity index (χ2n) is 9.33. The summed E-state index contributed by atoms with van der Waals surface area (Å²) in [5.41, 5.74) is 2.19. The molecule has 1 aliphatic heterocycles. The SMILES string of the molecule is COc1ccc2c(c1)[C@]13CCN(CC4CC4)[C@H](C2)[C@]1(OC)[C@H](C)CC(=O)C3.Cl. The smallest absolute Gasteiger partial charge is 0.134 e. The van der Waals surface area contributed by atoms with Crippen molar-refractivity contribution >= 4 is 18.2 Å². The summed E-state index contributed by atoms with van der Waals surface area (Å²) < 4.78 is 12.1. The van der Waals surface area contributed by atoms with Gasteiger partial charge in [0.25, 0.3) is 0 Å². The maximum absolute atomic E-state index is 12.8. The van der Waals surface area contributed by atoms with Crippen LogP contribution in [0.3, 0.4) is 0 Å². The molecule has 1 aromatic carbocycles. The number of piperidine rings is 1. The van der Waals surface area contributed by atoms with Crippen LogP contribution in [0.15, 0.2) is 18.2 Å². The first-order valence-electron chi connectivity index (χ1n) is 10.5. The van der Waals surface area contributed by atoms with E-state index in [-0.39, 0.29) is 29.3 Å². The molecule has 3 fully saturated rings. The Morgan fingerprint density at radius 1 is 1.21 bits per heavy atom. The molecular weight excluding hydrogens is 374 g/mol. The number of nitrogens with zero attached hydrogens (tertiary/aromatic N) is 1. The third-order valence-electron chi connectivity index (χ3n) is 8.05. The van der Waals surface area contributed by atoms with Crippen molar-refractivity contribution in [2.75, 3.05) is 27.3 Å². The lowest BCUT2D eigenvalue weighted by Gasteiger charge is -2.67. The van der Waals surface area contributed by atoms with Gasteiger partial charge in [0.15, 0.2) is 0 Å². The zero-order valence-electron chi connectivity index (χ0n) is 17.2. The van der Waals surface area contributed by atoms with Crippen LogP contribution in [0.4, 0.5) is 0 Å². The van der Waals surface area contributed by atoms with Crippen LogP contribution in [0.5, 0.6) is 5.75 Å². The van der Waals surface area contributed by atoms with Crippen LogP contribution >= 0.6 is 12.4 Å². The number of hydrogen-bond acceptors (Lipinski definition) is 4. The lowest BCUT2D eigenvalue weighted by Crippen LogP contribution is -2.76. The molecule has 3 aliphatic carbocycles. The van der Waals surface area contributed by atoms with E-state index in [1.54, 1.807) is 7.11 Å². The predicted molar refractivity (Wildman–Crippen MR) is 111 cm³/mol. The van der Waals surface area contributed by atoms with Gasteiger partial charge in [-0.25, -0.2) is 0 Å². The summed E-state index contributed by atoms with van der Waals surface area (Å²) in [6, 6.07) is 6.86. The highest BCUT2D eigenvalue weighted by molar-refractivity contribution is 5.85. The Kier molecular flexibility index (Phi) is 5.05. The summed E-state index contributed by atoms with van der Waals surface area (Å²) in [6.45, 7) is 4.51. The lowest BCUT2D eigenvalue weighted by molar-refractivity contribution is -0.210. The number of carbonyl (C=O) groups excluding carboxylic acids is 1. The third kappa shape index (κ3) is 2.60. The van der Waals surface area contributed by atoms with Crippen molar-refractivity contribution in [2.45, 2.75) is 62.5 Å². The Labute approximate surface area is 174 Å². The Morgan fingerprint density at radius 2 is 2.00 bits per heavy atom. The monoisotopic (exact) mass is 405 g/mol. The molecule has 1 saturated heterocycles. The van der Waals surface area contributed by atoms with Crippen molar-refractivity contribution in [2.24, 2.45) is 11.8 Å². The van der Waals surface area contributed by atoms with Gasteiger partial charge in [-0.1, -0.05) is 13.0 Å². The first-order valence-corrected chi connectivity index (χ1v) is 10.5. The largest absolute Gasteiger partial charge is 0.497 e. The normalized spacial score (nSPS) is 36.9. The molecule has 1 aromatic rings. The van der Waals surface area contributed by atoms with Crippen molar-refractivity contribution < 1.29 is 14.3 Å². The van der Waals surface area contributed by atoms with Crippen LogP contribution in [0, 0.1) is 11.8 Å². The number of methoxy groups -OCH3 is 2. The second-order valence-corrected chi connectivity index (χ2v) is 9.33. The van der Waals surface area contributed by atoms with Crippen molar-refractivity contribution in [3.05, 3.63) is 29.3 Å². The topological polar surface area (TPSA) is 38.8 Å². The molecular formula is C23H32ClNO3. The molecule has 4 aliphatic rings. The first kappa shape index (κ1) is 20.2. The summed E-state index contributed by atoms with van der Waals surface area (Å²) in [4.78, 5) is 15.5. The Balaban J connectivity index is 0.00000192. The molecule has 1 heterocycles. The summed E-state index contributed by atoms with van der Waals surface area (Å²) >= 11 is 0. The Bertz CT molecular complexity index is 779. The molecule has 5 rings (SSSR count). The minimum Gasteiger partial charge on any atom is -0.497 e. The van der Waals surface area contributed by atoms with E-state index in [2.05, 4.69) is 30.0 Å². The zero-order chi connectivity index (χ0) is 18.8. The molecule has 4 atom stereocenters. The van der Waals surface area contributed by atoms with Gasteiger partial charge in [0.05, 0.1) is 12.7 Å². The standard InChI is InChI=1S/C23H31NO3.ClH/c1-15-10-18(25)13-22-8-9-24(14-16-4-5-16)21(23(15,22)27-3)11-17-6-7-19(26-2)12-20(17)22;/h6-7,12,15-16,21H,4-5,8-11,13-14H2,1-3H3;1H/t15-,21-,22-,23-;/m1./s1. The average molecular weight is 406 g/mol. The number of rotatable bonds is 4. The van der Waals surface area contributed by atoms with E-state index >= 15 is 0 Å². The predicted octanol–water partition coefficient (Wildman–Crippen LogP) is 3.78. The summed E-state index contributed by atoms with van der Waals surface area (Å²) in [5, 5.41) is 0. The van der Waals surface area contributed by atoms with Crippen molar-refractivity contribution in [1.82, 2.24) is 4.90 Å². The van der Waals surface area contributed by atoms with Crippen molar-refractivity contribution in [3.63, 3.8) is 0 Å². The molecule has 2 saturated carbocycles. The van der Waals surface area contributed by atoms with Gasteiger partial charge in [-0.3, -0.25) is 9.69 Å². The molecule has 5 heteroatoms. The minimum absolute atomic E-state index is 0. The van der Waals surface area contributed by atoms with Gasteiger partial charge < -0.3 is 9.47 Å². The number of halogens is 1. The number of ether oxygens (including phenoxy) is 2. The van der Waals surface area contributed by atoms with Gasteiger partial charge in [-0.2, -0.15) is 0 Å². The first-order chi connectivity index (χ1) is 13.0. The van der Waals surface area contributed by atoms with Gasteiger partial charge in [0.1, 0.15) is 11.5 Å². The highest BCUT2D eigenvalue weighted by Crippen LogP contribution is 2.61. The molecule has 0 aromatic heterocycles. The zero-order valence-corrected chi connectivity index (χ0v) is 18.0. The molecule has 0 N–H and O–H groups in total. The van der Waals surface area contributed by atoms with Crippen LogP contribution in [-0.4, -0.2) is 49.6 Å². The van der Waals surface area contributed by atoms with Gasteiger partial charge in [0, 0.05) is 38.0 Å². The molecule has 0 amide bonds. The van der Waals surface area contributed by atoms with Gasteiger partial charge >= 0.3 is 0 Å². The molecule has 0 spiro atoms. The molecule has 0 radical (unpaired) electrons. The fourth-order valence-electron chi connectivity index (χ4n) is 6.82. The fourth-order valence-corrected chi connectivity index (χ4v) is 6.82. The average Bonchev–Trinajstić information content (AvgIpc) is 3.47. The lowest BCUT2D eigenvalue weighted by atomic mass is 9.46. The van der Waals surface area contributed by atoms with Gasteiger partial charge in [-0.05, 0) is 67.3 Å². The van der Waals surface area contributed by atoms with E-state index < -0.39 is 0 Å². The summed E-state index contributed by atoms with van der Waals surface area (Å²) in [6.07, 6.45) is 6.01. The fraction of sp³-hybridized carbons (Fsp3) is 0.696. The van der Waals surface area contributed by atoms with E-state index in [9.17, 15) is 4.79 Å². The summed E-state index contributed by atoms with van der Waals surface area (Å²) in [5.74, 6) is 2.37. The van der Waals surface area contributed by atoms with E-state index in [1.807, 2.05) is 7.11 Å². The Morgan fingerprint density at radius 3 is 2.68 bits per heavy atom. The molecule has 28 heavy (non-hydrogen) atoms. The van der Waals surface area contributed by atoms with Crippen molar-refractivity contribution in [1.29, 1.82) is 0 Å². The highest BCUT2D eigenvalue weighted by Gasteiger charge is 2.68. The molecule has 2 bridgehead atoms. The number of likely N-dealkylation sites (tertiary alicyclic amines) is 1. The molecule has 0 unspecified atom stereocenters. The minimum atomic E-state index is -0.284. The summed E-state index contributed by atoms with van der Waals surface area (Å²) in [7, 11) is 3.61. The van der Waals surface area contributed by atoms with Crippen LogP contribution in [0.1, 0.15) is 50.2 Å². The Hall–Kier alpha value is -1.10. The highest BCUT2D eigenvalue weighted by atomic mass is 35.5. The maximum atomic E-state index is 12.8. The van der Waals surface area contributed by atoms with E-state index in [1.165, 1.54) is 30.5 Å². The van der Waals surface area contributed by atoms with E-state index in [0.29, 0.717) is 24.7 Å².